The molecule has 0 aliphatic rings. The van der Waals surface area contributed by atoms with Crippen LogP contribution < -0.4 is 0 Å². The lowest BCUT2D eigenvalue weighted by molar-refractivity contribution is 0.249. The number of thiol groups is 1. The molecule has 0 unspecified atom stereocenters. The highest BCUT2D eigenvalue weighted by molar-refractivity contribution is 7.79. The first-order valence-corrected chi connectivity index (χ1v) is 6.75. The zero-order chi connectivity index (χ0) is 14.3. The lowest BCUT2D eigenvalue weighted by Crippen LogP contribution is -2.18. The van der Waals surface area contributed by atoms with Gasteiger partial charge in [-0.15, -0.1) is 0 Å². The van der Waals surface area contributed by atoms with Crippen molar-refractivity contribution in [3.63, 3.8) is 0 Å². The van der Waals surface area contributed by atoms with Crippen LogP contribution in [0, 0.1) is 5.41 Å². The summed E-state index contributed by atoms with van der Waals surface area (Å²) in [5.74, 6) is -0.0914. The largest absolute Gasteiger partial charge is 0.476 e. The summed E-state index contributed by atoms with van der Waals surface area (Å²) in [6.45, 7) is 0.449. The number of hydrogen-bond donors (Lipinski definition) is 3. The molecule has 4 nitrogen and oxygen atoms in total. The lowest BCUT2D eigenvalue weighted by Gasteiger charge is -2.10. The number of hydrogen-bond acceptors (Lipinski definition) is 5. The van der Waals surface area contributed by atoms with E-state index in [-0.39, 0.29) is 18.2 Å². The molecule has 7 heteroatoms. The Morgan fingerprint density at radius 2 is 2.05 bits per heavy atom. The van der Waals surface area contributed by atoms with Gasteiger partial charge in [0.05, 0.1) is 16.7 Å². The molecule has 0 spiro atoms. The molecule has 0 bridgehead atoms. The Balaban J connectivity index is 2.72. The Morgan fingerprint density at radius 1 is 1.32 bits per heavy atom. The van der Waals surface area contributed by atoms with Gasteiger partial charge >= 0.3 is 0 Å². The van der Waals surface area contributed by atoms with Crippen LogP contribution in [-0.2, 0) is 4.74 Å². The van der Waals surface area contributed by atoms with Crippen molar-refractivity contribution in [2.45, 2.75) is 12.8 Å². The van der Waals surface area contributed by atoms with Crippen LogP contribution in [0.5, 0.6) is 0 Å². The molecule has 19 heavy (non-hydrogen) atoms. The van der Waals surface area contributed by atoms with Crippen LogP contribution in [0.2, 0.25) is 10.0 Å². The Kier molecular flexibility index (Phi) is 7.23. The fourth-order valence-corrected chi connectivity index (χ4v) is 1.84. The van der Waals surface area contributed by atoms with E-state index in [2.05, 4.69) is 17.2 Å². The van der Waals surface area contributed by atoms with E-state index >= 15 is 0 Å². The number of aliphatic hydroxyl groups excluding tert-OH is 1. The van der Waals surface area contributed by atoms with Gasteiger partial charge in [-0.3, -0.25) is 5.41 Å². The van der Waals surface area contributed by atoms with Gasteiger partial charge in [0.1, 0.15) is 5.71 Å². The smallest absolute Gasteiger partial charge is 0.233 e. The third kappa shape index (κ3) is 5.03. The highest BCUT2D eigenvalue weighted by Crippen LogP contribution is 2.23. The zero-order valence-electron chi connectivity index (χ0n) is 10.1. The highest BCUT2D eigenvalue weighted by Gasteiger charge is 2.13. The molecule has 0 atom stereocenters. The van der Waals surface area contributed by atoms with Gasteiger partial charge in [-0.2, -0.15) is 0 Å². The molecule has 1 aromatic carbocycles. The van der Waals surface area contributed by atoms with Crippen LogP contribution in [0.1, 0.15) is 18.4 Å². The molecule has 0 amide bonds. The van der Waals surface area contributed by atoms with Crippen LogP contribution in [0.3, 0.4) is 0 Å². The monoisotopic (exact) mass is 320 g/mol. The average Bonchev–Trinajstić information content (AvgIpc) is 2.40. The first-order chi connectivity index (χ1) is 9.10. The van der Waals surface area contributed by atoms with Crippen molar-refractivity contribution in [3.05, 3.63) is 33.8 Å². The molecule has 0 aromatic heterocycles. The molecule has 0 radical (unpaired) electrons. The number of ether oxygens (including phenoxy) is 1. The van der Waals surface area contributed by atoms with Crippen LogP contribution in [0.25, 0.3) is 0 Å². The van der Waals surface area contributed by atoms with Gasteiger partial charge in [0, 0.05) is 12.2 Å². The van der Waals surface area contributed by atoms with Crippen molar-refractivity contribution in [1.82, 2.24) is 0 Å². The molecule has 0 saturated heterocycles. The summed E-state index contributed by atoms with van der Waals surface area (Å²) in [5, 5.41) is 17.3. The van der Waals surface area contributed by atoms with Gasteiger partial charge in [-0.05, 0) is 37.8 Å². The average molecular weight is 321 g/mol. The van der Waals surface area contributed by atoms with E-state index in [1.54, 1.807) is 18.2 Å². The predicted octanol–water partition coefficient (Wildman–Crippen LogP) is 3.39. The second-order valence-corrected chi connectivity index (χ2v) is 4.70. The van der Waals surface area contributed by atoms with E-state index in [9.17, 15) is 0 Å². The van der Waals surface area contributed by atoms with Gasteiger partial charge in [0.25, 0.3) is 0 Å². The van der Waals surface area contributed by atoms with Crippen molar-refractivity contribution >= 4 is 47.6 Å². The summed E-state index contributed by atoms with van der Waals surface area (Å²) in [7, 11) is 0. The summed E-state index contributed by atoms with van der Waals surface area (Å²) in [5.41, 5.74) is 0.891. The van der Waals surface area contributed by atoms with E-state index in [4.69, 9.17) is 38.5 Å². The summed E-state index contributed by atoms with van der Waals surface area (Å²) < 4.78 is 8.98. The second kappa shape index (κ2) is 8.43. The maximum atomic E-state index is 8.65. The van der Waals surface area contributed by atoms with E-state index in [1.807, 2.05) is 0 Å². The minimum absolute atomic E-state index is 0.0914. The SMILES string of the molecule is N=C(OCCCCO)C(=NS)c1ccc(Cl)c(Cl)c1. The Bertz CT molecular complexity index is 481. The summed E-state index contributed by atoms with van der Waals surface area (Å²) in [6.07, 6.45) is 1.30. The van der Waals surface area contributed by atoms with Gasteiger partial charge in [0.2, 0.25) is 5.90 Å². The summed E-state index contributed by atoms with van der Waals surface area (Å²) in [6, 6.07) is 4.91. The molecular formula is C12H14Cl2N2O2S. The number of rotatable bonds is 6. The molecule has 0 saturated carbocycles. The maximum Gasteiger partial charge on any atom is 0.233 e. The Morgan fingerprint density at radius 3 is 2.63 bits per heavy atom. The topological polar surface area (TPSA) is 65.7 Å². The molecule has 104 valence electrons. The normalized spacial score (nSPS) is 11.5. The fourth-order valence-electron chi connectivity index (χ4n) is 1.33. The van der Waals surface area contributed by atoms with Crippen molar-refractivity contribution in [2.75, 3.05) is 13.2 Å². The molecule has 0 aliphatic carbocycles. The van der Waals surface area contributed by atoms with E-state index in [0.717, 1.165) is 0 Å². The fraction of sp³-hybridized carbons (Fsp3) is 0.333. The van der Waals surface area contributed by atoms with Crippen molar-refractivity contribution in [3.8, 4) is 0 Å². The molecule has 2 N–H and O–H groups in total. The molecule has 1 aromatic rings. The number of nitrogens with one attached hydrogen (secondary N) is 1. The lowest BCUT2D eigenvalue weighted by atomic mass is 10.1. The first-order valence-electron chi connectivity index (χ1n) is 5.60. The number of aliphatic hydroxyl groups is 1. The highest BCUT2D eigenvalue weighted by atomic mass is 35.5. The Hall–Kier alpha value is -0.750. The van der Waals surface area contributed by atoms with Gasteiger partial charge in [-0.25, -0.2) is 4.40 Å². The van der Waals surface area contributed by atoms with Gasteiger partial charge < -0.3 is 9.84 Å². The minimum atomic E-state index is -0.0914. The van der Waals surface area contributed by atoms with Crippen molar-refractivity contribution < 1.29 is 9.84 Å². The van der Waals surface area contributed by atoms with E-state index in [1.165, 1.54) is 0 Å². The molecule has 1 rings (SSSR count). The van der Waals surface area contributed by atoms with Gasteiger partial charge in [-0.1, -0.05) is 29.3 Å². The molecular weight excluding hydrogens is 307 g/mol. The van der Waals surface area contributed by atoms with Gasteiger partial charge in [0.15, 0.2) is 0 Å². The van der Waals surface area contributed by atoms with E-state index in [0.29, 0.717) is 35.1 Å². The van der Waals surface area contributed by atoms with Crippen LogP contribution >= 0.6 is 36.0 Å². The second-order valence-electron chi connectivity index (χ2n) is 3.69. The van der Waals surface area contributed by atoms with Crippen molar-refractivity contribution in [2.24, 2.45) is 4.40 Å². The maximum absolute atomic E-state index is 8.65. The summed E-state index contributed by atoms with van der Waals surface area (Å²) >= 11 is 15.6. The standard InChI is InChI=1S/C12H14Cl2N2O2S/c13-9-4-3-8(7-10(9)14)11(16-19)12(15)18-6-2-1-5-17/h3-4,7,15,17,19H,1-2,5-6H2. The van der Waals surface area contributed by atoms with Crippen LogP contribution in [0.4, 0.5) is 0 Å². The number of halogens is 2. The zero-order valence-corrected chi connectivity index (χ0v) is 12.5. The number of nitrogens with zero attached hydrogens (tertiary/aromatic N) is 1. The molecule has 0 heterocycles. The third-order valence-corrected chi connectivity index (χ3v) is 3.25. The first kappa shape index (κ1) is 16.3. The third-order valence-electron chi connectivity index (χ3n) is 2.31. The molecule has 0 aliphatic heterocycles. The molecule has 0 fully saturated rings. The quantitative estimate of drug-likeness (QED) is 0.325. The number of benzene rings is 1. The minimum Gasteiger partial charge on any atom is -0.476 e. The van der Waals surface area contributed by atoms with Crippen molar-refractivity contribution in [1.29, 1.82) is 5.41 Å². The van der Waals surface area contributed by atoms with Crippen LogP contribution in [-0.4, -0.2) is 29.9 Å². The van der Waals surface area contributed by atoms with Crippen LogP contribution in [0.15, 0.2) is 22.6 Å². The van der Waals surface area contributed by atoms with E-state index < -0.39 is 0 Å². The number of unbranched alkanes of at least 4 members (excludes halogenated alkanes) is 1. The predicted molar refractivity (Wildman–Crippen MR) is 82.0 cm³/mol. The Labute approximate surface area is 127 Å². The summed E-state index contributed by atoms with van der Waals surface area (Å²) in [4.78, 5) is 0.